The Balaban J connectivity index is 2.44. The maximum atomic E-state index is 12.4. The Labute approximate surface area is 145 Å². The van der Waals surface area contributed by atoms with Crippen LogP contribution in [0.1, 0.15) is 38.2 Å². The van der Waals surface area contributed by atoms with Crippen LogP contribution < -0.4 is 10.1 Å². The van der Waals surface area contributed by atoms with Crippen LogP contribution in [0.3, 0.4) is 0 Å². The lowest BCUT2D eigenvalue weighted by Gasteiger charge is -2.20. The van der Waals surface area contributed by atoms with Crippen molar-refractivity contribution >= 4 is 11.8 Å². The fraction of sp³-hybridized carbons (Fsp3) is 0.529. The van der Waals surface area contributed by atoms with E-state index in [1.54, 1.807) is 13.1 Å². The minimum atomic E-state index is -4.77. The molecule has 25 heavy (non-hydrogen) atoms. The summed E-state index contributed by atoms with van der Waals surface area (Å²) < 4.78 is 41.2. The van der Waals surface area contributed by atoms with E-state index in [0.717, 1.165) is 12.8 Å². The molecule has 1 N–H and O–H groups in total. The van der Waals surface area contributed by atoms with Crippen molar-refractivity contribution in [1.82, 2.24) is 10.2 Å². The van der Waals surface area contributed by atoms with Crippen molar-refractivity contribution in [2.45, 2.75) is 45.5 Å². The van der Waals surface area contributed by atoms with Crippen LogP contribution in [0.5, 0.6) is 5.75 Å². The largest absolute Gasteiger partial charge is 0.573 e. The minimum absolute atomic E-state index is 0.0387. The molecule has 2 amide bonds. The third-order valence-electron chi connectivity index (χ3n) is 3.47. The predicted molar refractivity (Wildman–Crippen MR) is 86.8 cm³/mol. The van der Waals surface area contributed by atoms with Gasteiger partial charge in [-0.25, -0.2) is 0 Å². The maximum absolute atomic E-state index is 12.4. The molecule has 1 aromatic carbocycles. The molecule has 5 nitrogen and oxygen atoms in total. The third-order valence-corrected chi connectivity index (χ3v) is 3.47. The Bertz CT molecular complexity index is 577. The molecular weight excluding hydrogens is 337 g/mol. The van der Waals surface area contributed by atoms with E-state index in [-0.39, 0.29) is 24.1 Å². The zero-order valence-electron chi connectivity index (χ0n) is 14.4. The molecule has 8 heteroatoms. The first-order valence-electron chi connectivity index (χ1n) is 8.01. The monoisotopic (exact) mass is 360 g/mol. The fourth-order valence-electron chi connectivity index (χ4n) is 2.24. The van der Waals surface area contributed by atoms with Crippen LogP contribution in [-0.2, 0) is 16.1 Å². The topological polar surface area (TPSA) is 58.6 Å². The molecule has 0 spiro atoms. The molecule has 0 fully saturated rings. The molecule has 1 rings (SSSR count). The van der Waals surface area contributed by atoms with E-state index in [1.165, 1.54) is 30.0 Å². The molecule has 0 aromatic heterocycles. The quantitative estimate of drug-likeness (QED) is 0.688. The summed E-state index contributed by atoms with van der Waals surface area (Å²) in [5.41, 5.74) is 0.293. The van der Waals surface area contributed by atoms with E-state index < -0.39 is 6.36 Å². The molecule has 140 valence electrons. The van der Waals surface area contributed by atoms with Crippen molar-refractivity contribution in [2.24, 2.45) is 0 Å². The molecular formula is C17H23F3N2O3. The van der Waals surface area contributed by atoms with Gasteiger partial charge in [0.2, 0.25) is 11.8 Å². The Morgan fingerprint density at radius 3 is 2.48 bits per heavy atom. The lowest BCUT2D eigenvalue weighted by atomic mass is 10.1. The van der Waals surface area contributed by atoms with Crippen LogP contribution in [0.25, 0.3) is 0 Å². The van der Waals surface area contributed by atoms with E-state index in [0.29, 0.717) is 24.9 Å². The number of carbonyl (C=O) groups is 2. The van der Waals surface area contributed by atoms with Gasteiger partial charge in [-0.1, -0.05) is 24.6 Å². The van der Waals surface area contributed by atoms with Crippen molar-refractivity contribution in [1.29, 1.82) is 0 Å². The molecule has 1 aromatic rings. The second-order valence-electron chi connectivity index (χ2n) is 5.70. The number of nitrogens with zero attached hydrogens (tertiary/aromatic N) is 1. The summed E-state index contributed by atoms with van der Waals surface area (Å²) in [7, 11) is 1.55. The Kier molecular flexibility index (Phi) is 8.24. The van der Waals surface area contributed by atoms with Crippen LogP contribution in [0.15, 0.2) is 24.3 Å². The molecule has 0 bridgehead atoms. The molecule has 0 heterocycles. The first-order valence-corrected chi connectivity index (χ1v) is 8.01. The molecule has 0 aliphatic heterocycles. The molecule has 0 unspecified atom stereocenters. The molecule has 0 saturated heterocycles. The molecule has 0 saturated carbocycles. The average molecular weight is 360 g/mol. The number of rotatable bonds is 9. The number of unbranched alkanes of at least 4 members (excludes halogenated alkanes) is 2. The smallest absolute Gasteiger partial charge is 0.405 e. The summed E-state index contributed by atoms with van der Waals surface area (Å²) in [5.74, 6) is -0.540. The number of halogens is 3. The van der Waals surface area contributed by atoms with Gasteiger partial charge in [-0.15, -0.1) is 13.2 Å². The first kappa shape index (κ1) is 20.8. The van der Waals surface area contributed by atoms with E-state index in [1.807, 2.05) is 0 Å². The van der Waals surface area contributed by atoms with E-state index in [9.17, 15) is 22.8 Å². The Morgan fingerprint density at radius 2 is 1.84 bits per heavy atom. The highest BCUT2D eigenvalue weighted by molar-refractivity contribution is 5.75. The Hall–Kier alpha value is -2.25. The van der Waals surface area contributed by atoms with E-state index in [2.05, 4.69) is 10.1 Å². The van der Waals surface area contributed by atoms with Gasteiger partial charge in [0.1, 0.15) is 5.75 Å². The van der Waals surface area contributed by atoms with Crippen LogP contribution in [0.4, 0.5) is 13.2 Å². The number of hydrogen-bond acceptors (Lipinski definition) is 3. The average Bonchev–Trinajstić information content (AvgIpc) is 2.50. The van der Waals surface area contributed by atoms with Gasteiger partial charge in [0, 0.05) is 39.0 Å². The highest BCUT2D eigenvalue weighted by atomic mass is 19.4. The number of amides is 2. The van der Waals surface area contributed by atoms with Gasteiger partial charge in [-0.3, -0.25) is 9.59 Å². The highest BCUT2D eigenvalue weighted by Crippen LogP contribution is 2.27. The zero-order chi connectivity index (χ0) is 18.9. The SMILES string of the molecule is CC(=O)NCCCCCC(=O)N(C)Cc1ccccc1OC(F)(F)F. The van der Waals surface area contributed by atoms with Gasteiger partial charge in [0.05, 0.1) is 0 Å². The lowest BCUT2D eigenvalue weighted by Crippen LogP contribution is -2.27. The number of alkyl halides is 3. The standard InChI is InChI=1S/C17H23F3N2O3/c1-13(23)21-11-7-3-4-10-16(24)22(2)12-14-8-5-6-9-15(14)25-17(18,19)20/h5-6,8-9H,3-4,7,10-12H2,1-2H3,(H,21,23). The second kappa shape index (κ2) is 9.90. The molecule has 0 aliphatic rings. The summed E-state index contributed by atoms with van der Waals surface area (Å²) in [4.78, 5) is 24.2. The number of ether oxygens (including phenoxy) is 1. The number of para-hydroxylation sites is 1. The minimum Gasteiger partial charge on any atom is -0.405 e. The summed E-state index contributed by atoms with van der Waals surface area (Å²) in [6.07, 6.45) is -2.25. The van der Waals surface area contributed by atoms with Crippen molar-refractivity contribution in [3.63, 3.8) is 0 Å². The van der Waals surface area contributed by atoms with Crippen molar-refractivity contribution in [3.05, 3.63) is 29.8 Å². The normalized spacial score (nSPS) is 11.1. The number of carbonyl (C=O) groups excluding carboxylic acids is 2. The highest BCUT2D eigenvalue weighted by Gasteiger charge is 2.32. The van der Waals surface area contributed by atoms with Gasteiger partial charge < -0.3 is 15.0 Å². The van der Waals surface area contributed by atoms with Gasteiger partial charge in [0.15, 0.2) is 0 Å². The van der Waals surface area contributed by atoms with Crippen LogP contribution in [-0.4, -0.2) is 36.7 Å². The van der Waals surface area contributed by atoms with E-state index >= 15 is 0 Å². The summed E-state index contributed by atoms with van der Waals surface area (Å²) >= 11 is 0. The predicted octanol–water partition coefficient (Wildman–Crippen LogP) is 3.24. The van der Waals surface area contributed by atoms with Crippen LogP contribution in [0, 0.1) is 0 Å². The summed E-state index contributed by atoms with van der Waals surface area (Å²) in [6.45, 7) is 2.05. The summed E-state index contributed by atoms with van der Waals surface area (Å²) in [6, 6.07) is 5.77. The molecule has 0 aliphatic carbocycles. The zero-order valence-corrected chi connectivity index (χ0v) is 14.4. The van der Waals surface area contributed by atoms with Crippen molar-refractivity contribution in [2.75, 3.05) is 13.6 Å². The van der Waals surface area contributed by atoms with Gasteiger partial charge >= 0.3 is 6.36 Å². The number of benzene rings is 1. The third kappa shape index (κ3) is 8.97. The van der Waals surface area contributed by atoms with E-state index in [4.69, 9.17) is 0 Å². The van der Waals surface area contributed by atoms with Crippen molar-refractivity contribution in [3.8, 4) is 5.75 Å². The lowest BCUT2D eigenvalue weighted by molar-refractivity contribution is -0.275. The van der Waals surface area contributed by atoms with Gasteiger partial charge in [-0.05, 0) is 18.9 Å². The Morgan fingerprint density at radius 1 is 1.16 bits per heavy atom. The van der Waals surface area contributed by atoms with Gasteiger partial charge in [0.25, 0.3) is 0 Å². The fourth-order valence-corrected chi connectivity index (χ4v) is 2.24. The number of nitrogens with one attached hydrogen (secondary N) is 1. The second-order valence-corrected chi connectivity index (χ2v) is 5.70. The molecule has 0 radical (unpaired) electrons. The van der Waals surface area contributed by atoms with Crippen LogP contribution in [0.2, 0.25) is 0 Å². The van der Waals surface area contributed by atoms with Gasteiger partial charge in [-0.2, -0.15) is 0 Å². The number of hydrogen-bond donors (Lipinski definition) is 1. The van der Waals surface area contributed by atoms with Crippen LogP contribution >= 0.6 is 0 Å². The molecule has 0 atom stereocenters. The summed E-state index contributed by atoms with van der Waals surface area (Å²) in [5, 5.41) is 2.67. The first-order chi connectivity index (χ1) is 11.7. The van der Waals surface area contributed by atoms with Crippen molar-refractivity contribution < 1.29 is 27.5 Å². The maximum Gasteiger partial charge on any atom is 0.573 e.